The number of carbonyl (C=O) groups is 1. The predicted molar refractivity (Wildman–Crippen MR) is 117 cm³/mol. The molecule has 8 heteroatoms. The van der Waals surface area contributed by atoms with Crippen molar-refractivity contribution >= 4 is 27.3 Å². The molecule has 1 N–H and O–H groups in total. The average Bonchev–Trinajstić information content (AvgIpc) is 2.68. The first-order valence-corrected chi connectivity index (χ1v) is 10.9. The van der Waals surface area contributed by atoms with E-state index in [1.807, 2.05) is 26.8 Å². The molecule has 3 rings (SSSR count). The molecule has 0 aliphatic heterocycles. The summed E-state index contributed by atoms with van der Waals surface area (Å²) in [6.45, 7) is 4.95. The summed E-state index contributed by atoms with van der Waals surface area (Å²) in [5.74, 6) is -2.85. The lowest BCUT2D eigenvalue weighted by atomic mass is 10.1. The molecule has 0 atom stereocenters. The van der Waals surface area contributed by atoms with Gasteiger partial charge in [-0.15, -0.1) is 0 Å². The fourth-order valence-electron chi connectivity index (χ4n) is 3.15. The Labute approximate surface area is 180 Å². The summed E-state index contributed by atoms with van der Waals surface area (Å²) < 4.78 is 54.4. The van der Waals surface area contributed by atoms with E-state index in [0.717, 1.165) is 33.1 Å². The zero-order valence-corrected chi connectivity index (χ0v) is 18.1. The summed E-state index contributed by atoms with van der Waals surface area (Å²) in [7, 11) is -4.07. The van der Waals surface area contributed by atoms with Crippen LogP contribution in [-0.2, 0) is 14.8 Å². The van der Waals surface area contributed by atoms with Gasteiger partial charge in [0.05, 0.1) is 10.6 Å². The van der Waals surface area contributed by atoms with Gasteiger partial charge in [-0.1, -0.05) is 23.8 Å². The lowest BCUT2D eigenvalue weighted by molar-refractivity contribution is -0.114. The molecule has 5 nitrogen and oxygen atoms in total. The van der Waals surface area contributed by atoms with Crippen molar-refractivity contribution in [3.05, 3.63) is 89.0 Å². The normalized spacial score (nSPS) is 11.3. The van der Waals surface area contributed by atoms with E-state index in [9.17, 15) is 22.0 Å². The highest BCUT2D eigenvalue weighted by molar-refractivity contribution is 7.92. The molecule has 0 aromatic heterocycles. The minimum Gasteiger partial charge on any atom is -0.324 e. The molecule has 0 aliphatic rings. The number of hydrogen-bond acceptors (Lipinski definition) is 3. The number of anilines is 2. The Morgan fingerprint density at radius 3 is 2.03 bits per heavy atom. The Morgan fingerprint density at radius 2 is 1.45 bits per heavy atom. The first kappa shape index (κ1) is 22.4. The van der Waals surface area contributed by atoms with Crippen LogP contribution < -0.4 is 9.62 Å². The molecular formula is C23H22F2N2O3S. The van der Waals surface area contributed by atoms with E-state index in [0.29, 0.717) is 5.69 Å². The SMILES string of the molecule is Cc1ccc(S(=O)(=O)N(CC(=O)Nc2ccc(F)c(F)c2)c2cc(C)cc(C)c2)cc1. The van der Waals surface area contributed by atoms with E-state index in [1.54, 1.807) is 24.3 Å². The zero-order chi connectivity index (χ0) is 22.8. The summed E-state index contributed by atoms with van der Waals surface area (Å²) in [5.41, 5.74) is 2.92. The lowest BCUT2D eigenvalue weighted by Gasteiger charge is -2.25. The van der Waals surface area contributed by atoms with Gasteiger partial charge in [0.25, 0.3) is 10.0 Å². The standard InChI is InChI=1S/C23H22F2N2O3S/c1-15-4-7-20(8-5-15)31(29,30)27(19-11-16(2)10-17(3)12-19)14-23(28)26-18-6-9-21(24)22(25)13-18/h4-13H,14H2,1-3H3,(H,26,28). The number of nitrogens with one attached hydrogen (secondary N) is 1. The summed E-state index contributed by atoms with van der Waals surface area (Å²) in [5, 5.41) is 2.42. The topological polar surface area (TPSA) is 66.5 Å². The molecule has 1 amide bonds. The highest BCUT2D eigenvalue weighted by Gasteiger charge is 2.27. The second-order valence-corrected chi connectivity index (χ2v) is 9.21. The van der Waals surface area contributed by atoms with Crippen LogP contribution in [0.4, 0.5) is 20.2 Å². The lowest BCUT2D eigenvalue weighted by Crippen LogP contribution is -2.38. The monoisotopic (exact) mass is 444 g/mol. The quantitative estimate of drug-likeness (QED) is 0.598. The van der Waals surface area contributed by atoms with Crippen LogP contribution in [-0.4, -0.2) is 20.9 Å². The Balaban J connectivity index is 1.98. The summed E-state index contributed by atoms with van der Waals surface area (Å²) in [4.78, 5) is 12.7. The van der Waals surface area contributed by atoms with Gasteiger partial charge in [0.15, 0.2) is 11.6 Å². The number of rotatable bonds is 6. The third-order valence-electron chi connectivity index (χ3n) is 4.59. The molecule has 0 heterocycles. The third kappa shape index (κ3) is 5.27. The first-order valence-electron chi connectivity index (χ1n) is 9.49. The highest BCUT2D eigenvalue weighted by Crippen LogP contribution is 2.26. The van der Waals surface area contributed by atoms with Gasteiger partial charge in [0.1, 0.15) is 6.54 Å². The molecule has 0 unspecified atom stereocenters. The van der Waals surface area contributed by atoms with Gasteiger partial charge in [0, 0.05) is 11.8 Å². The molecule has 0 saturated heterocycles. The van der Waals surface area contributed by atoms with Crippen molar-refractivity contribution in [3.8, 4) is 0 Å². The van der Waals surface area contributed by atoms with Crippen LogP contribution in [0.2, 0.25) is 0 Å². The minimum atomic E-state index is -4.07. The fraction of sp³-hybridized carbons (Fsp3) is 0.174. The van der Waals surface area contributed by atoms with E-state index in [1.165, 1.54) is 18.2 Å². The van der Waals surface area contributed by atoms with Crippen LogP contribution in [0.15, 0.2) is 65.6 Å². The smallest absolute Gasteiger partial charge is 0.264 e. The van der Waals surface area contributed by atoms with E-state index >= 15 is 0 Å². The van der Waals surface area contributed by atoms with Gasteiger partial charge in [-0.2, -0.15) is 0 Å². The molecular weight excluding hydrogens is 422 g/mol. The number of benzene rings is 3. The fourth-order valence-corrected chi connectivity index (χ4v) is 4.56. The van der Waals surface area contributed by atoms with Crippen LogP contribution in [0.5, 0.6) is 0 Å². The van der Waals surface area contributed by atoms with Crippen molar-refractivity contribution in [2.24, 2.45) is 0 Å². The van der Waals surface area contributed by atoms with E-state index < -0.39 is 34.1 Å². The van der Waals surface area contributed by atoms with Crippen molar-refractivity contribution in [3.63, 3.8) is 0 Å². The first-order chi connectivity index (χ1) is 14.6. The maximum absolute atomic E-state index is 13.5. The molecule has 0 spiro atoms. The van der Waals surface area contributed by atoms with Gasteiger partial charge in [-0.3, -0.25) is 9.10 Å². The molecule has 0 fully saturated rings. The molecule has 0 bridgehead atoms. The van der Waals surface area contributed by atoms with Crippen molar-refractivity contribution in [1.82, 2.24) is 0 Å². The van der Waals surface area contributed by atoms with E-state index in [2.05, 4.69) is 5.32 Å². The molecule has 0 aliphatic carbocycles. The van der Waals surface area contributed by atoms with Gasteiger partial charge < -0.3 is 5.32 Å². The maximum Gasteiger partial charge on any atom is 0.264 e. The van der Waals surface area contributed by atoms with Crippen molar-refractivity contribution < 1.29 is 22.0 Å². The summed E-state index contributed by atoms with van der Waals surface area (Å²) in [6, 6.07) is 14.5. The summed E-state index contributed by atoms with van der Waals surface area (Å²) >= 11 is 0. The average molecular weight is 445 g/mol. The van der Waals surface area contributed by atoms with Crippen molar-refractivity contribution in [2.75, 3.05) is 16.2 Å². The van der Waals surface area contributed by atoms with Gasteiger partial charge in [-0.25, -0.2) is 17.2 Å². The van der Waals surface area contributed by atoms with Gasteiger partial charge >= 0.3 is 0 Å². The van der Waals surface area contributed by atoms with Crippen molar-refractivity contribution in [2.45, 2.75) is 25.7 Å². The Bertz CT molecular complexity index is 1210. The predicted octanol–water partition coefficient (Wildman–Crippen LogP) is 4.72. The Kier molecular flexibility index (Phi) is 6.40. The molecule has 3 aromatic rings. The van der Waals surface area contributed by atoms with Gasteiger partial charge in [0.2, 0.25) is 5.91 Å². The molecule has 162 valence electrons. The van der Waals surface area contributed by atoms with E-state index in [4.69, 9.17) is 0 Å². The molecule has 0 radical (unpaired) electrons. The largest absolute Gasteiger partial charge is 0.324 e. The van der Waals surface area contributed by atoms with Crippen molar-refractivity contribution in [1.29, 1.82) is 0 Å². The summed E-state index contributed by atoms with van der Waals surface area (Å²) in [6.07, 6.45) is 0. The zero-order valence-electron chi connectivity index (χ0n) is 17.3. The Hall–Kier alpha value is -3.26. The maximum atomic E-state index is 13.5. The van der Waals surface area contributed by atoms with E-state index in [-0.39, 0.29) is 10.6 Å². The van der Waals surface area contributed by atoms with Crippen LogP contribution >= 0.6 is 0 Å². The molecule has 31 heavy (non-hydrogen) atoms. The number of sulfonamides is 1. The second-order valence-electron chi connectivity index (χ2n) is 7.35. The van der Waals surface area contributed by atoms with Gasteiger partial charge in [-0.05, 0) is 68.3 Å². The molecule has 3 aromatic carbocycles. The number of nitrogens with zero attached hydrogens (tertiary/aromatic N) is 1. The van der Waals surface area contributed by atoms with Crippen LogP contribution in [0.3, 0.4) is 0 Å². The number of amides is 1. The number of halogens is 2. The van der Waals surface area contributed by atoms with Crippen LogP contribution in [0.1, 0.15) is 16.7 Å². The number of hydrogen-bond donors (Lipinski definition) is 1. The minimum absolute atomic E-state index is 0.0250. The van der Waals surface area contributed by atoms with Crippen LogP contribution in [0.25, 0.3) is 0 Å². The third-order valence-corrected chi connectivity index (χ3v) is 6.38. The highest BCUT2D eigenvalue weighted by atomic mass is 32.2. The van der Waals surface area contributed by atoms with Crippen LogP contribution in [0, 0.1) is 32.4 Å². The second kappa shape index (κ2) is 8.85. The molecule has 0 saturated carbocycles. The Morgan fingerprint density at radius 1 is 0.839 bits per heavy atom. The number of aryl methyl sites for hydroxylation is 3. The number of carbonyl (C=O) groups excluding carboxylic acids is 1.